The smallest absolute Gasteiger partial charge is 0.309 e. The van der Waals surface area contributed by atoms with Gasteiger partial charge in [-0.2, -0.15) is 0 Å². The number of hydrogen-bond donors (Lipinski definition) is 1. The number of rotatable bonds is 2. The molecular weight excluding hydrogens is 152 g/mol. The monoisotopic (exact) mass is 170 g/mol. The highest BCUT2D eigenvalue weighted by Gasteiger charge is 2.41. The normalized spacial score (nSPS) is 35.8. The van der Waals surface area contributed by atoms with Crippen molar-refractivity contribution in [3.8, 4) is 0 Å². The Hall–Kier alpha value is -0.530. The summed E-state index contributed by atoms with van der Waals surface area (Å²) in [4.78, 5) is 10.9. The van der Waals surface area contributed by atoms with Crippen LogP contribution in [0.1, 0.15) is 40.0 Å². The average Bonchev–Trinajstić information content (AvgIpc) is 2.33. The Morgan fingerprint density at radius 1 is 1.58 bits per heavy atom. The molecule has 0 spiro atoms. The third-order valence-electron chi connectivity index (χ3n) is 3.24. The maximum Gasteiger partial charge on any atom is 0.309 e. The first-order valence-corrected chi connectivity index (χ1v) is 4.69. The molecule has 0 bridgehead atoms. The molecule has 12 heavy (non-hydrogen) atoms. The number of carbonyl (C=O) groups is 1. The predicted molar refractivity (Wildman–Crippen MR) is 47.9 cm³/mol. The van der Waals surface area contributed by atoms with Crippen LogP contribution in [-0.4, -0.2) is 11.1 Å². The van der Waals surface area contributed by atoms with E-state index in [1.54, 1.807) is 0 Å². The molecule has 0 unspecified atom stereocenters. The minimum absolute atomic E-state index is 0.436. The van der Waals surface area contributed by atoms with Crippen LogP contribution in [0.4, 0.5) is 0 Å². The van der Waals surface area contributed by atoms with Crippen molar-refractivity contribution in [1.29, 1.82) is 0 Å². The molecule has 0 amide bonds. The van der Waals surface area contributed by atoms with Gasteiger partial charge in [0.25, 0.3) is 0 Å². The van der Waals surface area contributed by atoms with Crippen molar-refractivity contribution in [3.05, 3.63) is 0 Å². The second kappa shape index (κ2) is 3.08. The lowest BCUT2D eigenvalue weighted by atomic mass is 9.85. The molecule has 0 aromatic heterocycles. The van der Waals surface area contributed by atoms with E-state index < -0.39 is 11.4 Å². The second-order valence-corrected chi connectivity index (χ2v) is 4.61. The van der Waals surface area contributed by atoms with Gasteiger partial charge in [0.05, 0.1) is 5.41 Å². The van der Waals surface area contributed by atoms with Gasteiger partial charge in [-0.25, -0.2) is 0 Å². The van der Waals surface area contributed by atoms with E-state index in [1.165, 1.54) is 0 Å². The van der Waals surface area contributed by atoms with Gasteiger partial charge in [-0.05, 0) is 38.0 Å². The zero-order chi connectivity index (χ0) is 9.35. The summed E-state index contributed by atoms with van der Waals surface area (Å²) in [6.45, 7) is 6.23. The summed E-state index contributed by atoms with van der Waals surface area (Å²) in [5, 5.41) is 8.97. The van der Waals surface area contributed by atoms with Crippen LogP contribution in [0.15, 0.2) is 0 Å². The SMILES string of the molecule is CC(C)[C@@H]1CC[C@@](C)(C(=O)O)C1. The lowest BCUT2D eigenvalue weighted by molar-refractivity contribution is -0.147. The Balaban J connectivity index is 2.61. The summed E-state index contributed by atoms with van der Waals surface area (Å²) >= 11 is 0. The summed E-state index contributed by atoms with van der Waals surface area (Å²) in [5.41, 5.74) is -0.436. The highest BCUT2D eigenvalue weighted by atomic mass is 16.4. The van der Waals surface area contributed by atoms with Gasteiger partial charge < -0.3 is 5.11 Å². The molecule has 0 saturated heterocycles. The van der Waals surface area contributed by atoms with Crippen LogP contribution in [0.25, 0.3) is 0 Å². The molecule has 70 valence electrons. The molecule has 1 saturated carbocycles. The van der Waals surface area contributed by atoms with Gasteiger partial charge >= 0.3 is 5.97 Å². The average molecular weight is 170 g/mol. The molecule has 0 aromatic rings. The number of hydrogen-bond acceptors (Lipinski definition) is 1. The highest BCUT2D eigenvalue weighted by molar-refractivity contribution is 5.74. The van der Waals surface area contributed by atoms with Crippen LogP contribution in [0.5, 0.6) is 0 Å². The van der Waals surface area contributed by atoms with Gasteiger partial charge in [-0.1, -0.05) is 13.8 Å². The molecule has 0 radical (unpaired) electrons. The van der Waals surface area contributed by atoms with E-state index in [-0.39, 0.29) is 0 Å². The molecule has 1 rings (SSSR count). The molecule has 1 fully saturated rings. The maximum absolute atomic E-state index is 10.9. The van der Waals surface area contributed by atoms with Gasteiger partial charge in [0.1, 0.15) is 0 Å². The van der Waals surface area contributed by atoms with Gasteiger partial charge in [-0.3, -0.25) is 4.79 Å². The van der Waals surface area contributed by atoms with E-state index in [4.69, 9.17) is 5.11 Å². The fourth-order valence-electron chi connectivity index (χ4n) is 2.05. The highest BCUT2D eigenvalue weighted by Crippen LogP contribution is 2.44. The van der Waals surface area contributed by atoms with Crippen LogP contribution in [0.3, 0.4) is 0 Å². The molecule has 1 aliphatic rings. The van der Waals surface area contributed by atoms with Crippen LogP contribution in [0, 0.1) is 17.3 Å². The minimum Gasteiger partial charge on any atom is -0.481 e. The quantitative estimate of drug-likeness (QED) is 0.691. The van der Waals surface area contributed by atoms with Gasteiger partial charge in [0, 0.05) is 0 Å². The van der Waals surface area contributed by atoms with Crippen molar-refractivity contribution < 1.29 is 9.90 Å². The molecule has 1 N–H and O–H groups in total. The summed E-state index contributed by atoms with van der Waals surface area (Å²) < 4.78 is 0. The Labute approximate surface area is 74.0 Å². The molecule has 2 atom stereocenters. The number of carboxylic acids is 1. The summed E-state index contributed by atoms with van der Waals surface area (Å²) in [6, 6.07) is 0. The first kappa shape index (κ1) is 9.56. The van der Waals surface area contributed by atoms with E-state index in [0.717, 1.165) is 19.3 Å². The fourth-order valence-corrected chi connectivity index (χ4v) is 2.05. The van der Waals surface area contributed by atoms with Crippen LogP contribution >= 0.6 is 0 Å². The van der Waals surface area contributed by atoms with Crippen molar-refractivity contribution in [1.82, 2.24) is 0 Å². The molecule has 1 aliphatic carbocycles. The Morgan fingerprint density at radius 3 is 2.42 bits per heavy atom. The van der Waals surface area contributed by atoms with Crippen molar-refractivity contribution in [2.75, 3.05) is 0 Å². The van der Waals surface area contributed by atoms with Crippen molar-refractivity contribution >= 4 is 5.97 Å². The standard InChI is InChI=1S/C10H18O2/c1-7(2)8-4-5-10(3,6-8)9(11)12/h7-8H,4-6H2,1-3H3,(H,11,12)/t8-,10-/m1/s1. The van der Waals surface area contributed by atoms with E-state index in [1.807, 2.05) is 6.92 Å². The summed E-state index contributed by atoms with van der Waals surface area (Å²) in [6.07, 6.45) is 2.80. The van der Waals surface area contributed by atoms with E-state index in [2.05, 4.69) is 13.8 Å². The predicted octanol–water partition coefficient (Wildman–Crippen LogP) is 2.53. The Kier molecular flexibility index (Phi) is 2.45. The largest absolute Gasteiger partial charge is 0.481 e. The summed E-state index contributed by atoms with van der Waals surface area (Å²) in [5.74, 6) is 0.628. The third-order valence-corrected chi connectivity index (χ3v) is 3.24. The second-order valence-electron chi connectivity index (χ2n) is 4.61. The van der Waals surface area contributed by atoms with E-state index in [9.17, 15) is 4.79 Å². The fraction of sp³-hybridized carbons (Fsp3) is 0.900. The molecular formula is C10H18O2. The zero-order valence-electron chi connectivity index (χ0n) is 8.13. The van der Waals surface area contributed by atoms with E-state index >= 15 is 0 Å². The van der Waals surface area contributed by atoms with Crippen molar-refractivity contribution in [3.63, 3.8) is 0 Å². The Bertz CT molecular complexity index is 186. The van der Waals surface area contributed by atoms with Gasteiger partial charge in [0.2, 0.25) is 0 Å². The van der Waals surface area contributed by atoms with Crippen molar-refractivity contribution in [2.45, 2.75) is 40.0 Å². The lowest BCUT2D eigenvalue weighted by Gasteiger charge is -2.19. The topological polar surface area (TPSA) is 37.3 Å². The number of aliphatic carboxylic acids is 1. The van der Waals surface area contributed by atoms with Crippen LogP contribution < -0.4 is 0 Å². The molecule has 0 aliphatic heterocycles. The van der Waals surface area contributed by atoms with Gasteiger partial charge in [-0.15, -0.1) is 0 Å². The van der Waals surface area contributed by atoms with E-state index in [0.29, 0.717) is 11.8 Å². The summed E-state index contributed by atoms with van der Waals surface area (Å²) in [7, 11) is 0. The first-order valence-electron chi connectivity index (χ1n) is 4.69. The Morgan fingerprint density at radius 2 is 2.17 bits per heavy atom. The lowest BCUT2D eigenvalue weighted by Crippen LogP contribution is -2.24. The zero-order valence-corrected chi connectivity index (χ0v) is 8.13. The molecule has 2 nitrogen and oxygen atoms in total. The van der Waals surface area contributed by atoms with Crippen molar-refractivity contribution in [2.24, 2.45) is 17.3 Å². The maximum atomic E-state index is 10.9. The third kappa shape index (κ3) is 1.62. The van der Waals surface area contributed by atoms with Gasteiger partial charge in [0.15, 0.2) is 0 Å². The minimum atomic E-state index is -0.620. The van der Waals surface area contributed by atoms with Crippen LogP contribution in [0.2, 0.25) is 0 Å². The molecule has 0 heterocycles. The first-order chi connectivity index (χ1) is 5.46. The molecule has 2 heteroatoms. The van der Waals surface area contributed by atoms with Crippen LogP contribution in [-0.2, 0) is 4.79 Å². The number of carboxylic acid groups (broad SMARTS) is 1. The molecule has 0 aromatic carbocycles.